The molecule has 0 saturated carbocycles. The number of carbonyl (C=O) groups is 1. The summed E-state index contributed by atoms with van der Waals surface area (Å²) in [6.07, 6.45) is -0.911. The molecule has 0 fully saturated rings. The van der Waals surface area contributed by atoms with E-state index in [9.17, 15) is 4.79 Å². The molecule has 106 valence electrons. The van der Waals surface area contributed by atoms with Gasteiger partial charge in [-0.15, -0.1) is 0 Å². The molecule has 2 atom stereocenters. The monoisotopic (exact) mass is 267 g/mol. The van der Waals surface area contributed by atoms with Gasteiger partial charge in [-0.1, -0.05) is 13.0 Å². The van der Waals surface area contributed by atoms with Crippen LogP contribution in [0.15, 0.2) is 18.2 Å². The SMILES string of the molecule is CCNC(C)c1ccc(OC(C)C(=O)O)c(OC)c1. The van der Waals surface area contributed by atoms with Gasteiger partial charge in [-0.2, -0.15) is 0 Å². The van der Waals surface area contributed by atoms with Gasteiger partial charge in [0.2, 0.25) is 0 Å². The van der Waals surface area contributed by atoms with Crippen LogP contribution in [0.5, 0.6) is 11.5 Å². The van der Waals surface area contributed by atoms with Crippen LogP contribution in [0.1, 0.15) is 32.4 Å². The lowest BCUT2D eigenvalue weighted by atomic mass is 10.1. The third kappa shape index (κ3) is 4.13. The molecule has 0 saturated heterocycles. The predicted molar refractivity (Wildman–Crippen MR) is 72.8 cm³/mol. The quantitative estimate of drug-likeness (QED) is 0.793. The fraction of sp³-hybridized carbons (Fsp3) is 0.500. The molecule has 19 heavy (non-hydrogen) atoms. The second kappa shape index (κ2) is 6.99. The largest absolute Gasteiger partial charge is 0.493 e. The smallest absolute Gasteiger partial charge is 0.344 e. The molecule has 1 rings (SSSR count). The van der Waals surface area contributed by atoms with Gasteiger partial charge in [-0.25, -0.2) is 4.79 Å². The number of carboxylic acids is 1. The van der Waals surface area contributed by atoms with E-state index >= 15 is 0 Å². The highest BCUT2D eigenvalue weighted by molar-refractivity contribution is 5.72. The molecule has 0 aliphatic heterocycles. The van der Waals surface area contributed by atoms with Gasteiger partial charge in [-0.05, 0) is 38.1 Å². The van der Waals surface area contributed by atoms with Gasteiger partial charge in [0.05, 0.1) is 7.11 Å². The lowest BCUT2D eigenvalue weighted by Crippen LogP contribution is -2.23. The van der Waals surface area contributed by atoms with Crippen LogP contribution >= 0.6 is 0 Å². The highest BCUT2D eigenvalue weighted by Crippen LogP contribution is 2.31. The summed E-state index contributed by atoms with van der Waals surface area (Å²) in [4.78, 5) is 10.8. The average molecular weight is 267 g/mol. The van der Waals surface area contributed by atoms with Crippen molar-refractivity contribution in [2.45, 2.75) is 32.9 Å². The Morgan fingerprint density at radius 3 is 2.58 bits per heavy atom. The summed E-state index contributed by atoms with van der Waals surface area (Å²) in [5.41, 5.74) is 1.06. The highest BCUT2D eigenvalue weighted by atomic mass is 16.5. The lowest BCUT2D eigenvalue weighted by Gasteiger charge is -2.17. The van der Waals surface area contributed by atoms with Crippen molar-refractivity contribution >= 4 is 5.97 Å². The minimum Gasteiger partial charge on any atom is -0.493 e. The van der Waals surface area contributed by atoms with E-state index in [0.717, 1.165) is 12.1 Å². The van der Waals surface area contributed by atoms with Crippen molar-refractivity contribution in [3.63, 3.8) is 0 Å². The number of carboxylic acid groups (broad SMARTS) is 1. The lowest BCUT2D eigenvalue weighted by molar-refractivity contribution is -0.144. The standard InChI is InChI=1S/C14H21NO4/c1-5-15-9(2)11-6-7-12(13(8-11)18-4)19-10(3)14(16)17/h6-10,15H,5H2,1-4H3,(H,16,17). The Kier molecular flexibility index (Phi) is 5.63. The van der Waals surface area contributed by atoms with Gasteiger partial charge in [0.25, 0.3) is 0 Å². The van der Waals surface area contributed by atoms with Crippen LogP contribution in [0.4, 0.5) is 0 Å². The summed E-state index contributed by atoms with van der Waals surface area (Å²) in [6, 6.07) is 5.70. The Hall–Kier alpha value is -1.75. The van der Waals surface area contributed by atoms with E-state index in [1.54, 1.807) is 6.07 Å². The zero-order valence-electron chi connectivity index (χ0n) is 11.8. The van der Waals surface area contributed by atoms with Crippen molar-refractivity contribution in [2.75, 3.05) is 13.7 Å². The van der Waals surface area contributed by atoms with Crippen molar-refractivity contribution in [2.24, 2.45) is 0 Å². The van der Waals surface area contributed by atoms with Crippen molar-refractivity contribution in [3.05, 3.63) is 23.8 Å². The van der Waals surface area contributed by atoms with Gasteiger partial charge >= 0.3 is 5.97 Å². The minimum absolute atomic E-state index is 0.199. The molecule has 0 radical (unpaired) electrons. The molecule has 2 N–H and O–H groups in total. The molecular weight excluding hydrogens is 246 g/mol. The summed E-state index contributed by atoms with van der Waals surface area (Å²) in [6.45, 7) is 6.45. The summed E-state index contributed by atoms with van der Waals surface area (Å²) in [7, 11) is 1.54. The van der Waals surface area contributed by atoms with E-state index in [2.05, 4.69) is 12.2 Å². The van der Waals surface area contributed by atoms with Gasteiger partial charge in [0.1, 0.15) is 0 Å². The van der Waals surface area contributed by atoms with Crippen molar-refractivity contribution < 1.29 is 19.4 Å². The number of benzene rings is 1. The molecule has 2 unspecified atom stereocenters. The first kappa shape index (κ1) is 15.3. The zero-order chi connectivity index (χ0) is 14.4. The van der Waals surface area contributed by atoms with Gasteiger partial charge in [-0.3, -0.25) is 0 Å². The van der Waals surface area contributed by atoms with Crippen LogP contribution in [-0.2, 0) is 4.79 Å². The molecule has 0 bridgehead atoms. The molecule has 0 aliphatic carbocycles. The number of nitrogens with one attached hydrogen (secondary N) is 1. The number of ether oxygens (including phenoxy) is 2. The topological polar surface area (TPSA) is 67.8 Å². The normalized spacial score (nSPS) is 13.7. The summed E-state index contributed by atoms with van der Waals surface area (Å²) >= 11 is 0. The molecule has 0 heterocycles. The second-order valence-electron chi connectivity index (χ2n) is 4.29. The number of hydrogen-bond acceptors (Lipinski definition) is 4. The van der Waals surface area contributed by atoms with E-state index in [1.807, 2.05) is 19.1 Å². The number of aliphatic carboxylic acids is 1. The second-order valence-corrected chi connectivity index (χ2v) is 4.29. The number of methoxy groups -OCH3 is 1. The van der Waals surface area contributed by atoms with Crippen molar-refractivity contribution in [3.8, 4) is 11.5 Å². The molecule has 0 aromatic heterocycles. The maximum absolute atomic E-state index is 10.8. The minimum atomic E-state index is -1.01. The predicted octanol–water partition coefficient (Wildman–Crippen LogP) is 2.22. The van der Waals surface area contributed by atoms with E-state index in [4.69, 9.17) is 14.6 Å². The molecule has 0 amide bonds. The fourth-order valence-corrected chi connectivity index (χ4v) is 1.72. The van der Waals surface area contributed by atoms with Crippen molar-refractivity contribution in [1.82, 2.24) is 5.32 Å². The third-order valence-corrected chi connectivity index (χ3v) is 2.85. The van der Waals surface area contributed by atoms with E-state index in [1.165, 1.54) is 14.0 Å². The highest BCUT2D eigenvalue weighted by Gasteiger charge is 2.16. The number of rotatable bonds is 7. The maximum atomic E-state index is 10.8. The third-order valence-electron chi connectivity index (χ3n) is 2.85. The van der Waals surface area contributed by atoms with Crippen molar-refractivity contribution in [1.29, 1.82) is 0 Å². The molecular formula is C14H21NO4. The molecule has 0 spiro atoms. The Morgan fingerprint density at radius 2 is 2.05 bits per heavy atom. The zero-order valence-corrected chi connectivity index (χ0v) is 11.8. The van der Waals surface area contributed by atoms with E-state index in [0.29, 0.717) is 11.5 Å². The van der Waals surface area contributed by atoms with Crippen LogP contribution in [0, 0.1) is 0 Å². The molecule has 5 heteroatoms. The summed E-state index contributed by atoms with van der Waals surface area (Å²) < 4.78 is 10.6. The van der Waals surface area contributed by atoms with Crippen LogP contribution in [0.25, 0.3) is 0 Å². The first-order valence-corrected chi connectivity index (χ1v) is 6.30. The summed E-state index contributed by atoms with van der Waals surface area (Å²) in [5.74, 6) is -0.0349. The van der Waals surface area contributed by atoms with Crippen LogP contribution in [-0.4, -0.2) is 30.8 Å². The van der Waals surface area contributed by atoms with E-state index < -0.39 is 12.1 Å². The molecule has 0 aliphatic rings. The van der Waals surface area contributed by atoms with Crippen LogP contribution in [0.2, 0.25) is 0 Å². The Morgan fingerprint density at radius 1 is 1.37 bits per heavy atom. The number of hydrogen-bond donors (Lipinski definition) is 2. The molecule has 1 aromatic rings. The van der Waals surface area contributed by atoms with Gasteiger partial charge < -0.3 is 19.9 Å². The fourth-order valence-electron chi connectivity index (χ4n) is 1.72. The van der Waals surface area contributed by atoms with Crippen LogP contribution < -0.4 is 14.8 Å². The summed E-state index contributed by atoms with van der Waals surface area (Å²) in [5, 5.41) is 12.1. The molecule has 5 nitrogen and oxygen atoms in total. The van der Waals surface area contributed by atoms with Gasteiger partial charge in [0.15, 0.2) is 17.6 Å². The van der Waals surface area contributed by atoms with Crippen LogP contribution in [0.3, 0.4) is 0 Å². The van der Waals surface area contributed by atoms with E-state index in [-0.39, 0.29) is 6.04 Å². The Balaban J connectivity index is 2.93. The molecule has 1 aromatic carbocycles. The average Bonchev–Trinajstić information content (AvgIpc) is 2.39. The Bertz CT molecular complexity index is 433. The Labute approximate surface area is 113 Å². The van der Waals surface area contributed by atoms with Gasteiger partial charge in [0, 0.05) is 6.04 Å². The first-order valence-electron chi connectivity index (χ1n) is 6.30. The first-order chi connectivity index (χ1) is 8.99. The maximum Gasteiger partial charge on any atom is 0.344 e.